The van der Waals surface area contributed by atoms with E-state index in [9.17, 15) is 0 Å². The highest BCUT2D eigenvalue weighted by Crippen LogP contribution is 2.37. The standard InChI is InChI=1S/C34H34N2/c1-33(2,3)26-12-8-10-24(20-26)29-14-13-28(30-16-17-35-22-31(29)30)23-9-7-11-25(19-23)32-21-27(15-18-36-32)34(4,5)6/h7-22H,1-6H3. The van der Waals surface area contributed by atoms with Crippen molar-refractivity contribution < 1.29 is 0 Å². The molecule has 2 aromatic heterocycles. The fourth-order valence-corrected chi connectivity index (χ4v) is 4.75. The summed E-state index contributed by atoms with van der Waals surface area (Å²) < 4.78 is 0. The van der Waals surface area contributed by atoms with E-state index in [0.29, 0.717) is 0 Å². The molecule has 0 N–H and O–H groups in total. The van der Waals surface area contributed by atoms with Gasteiger partial charge in [-0.05, 0) is 73.9 Å². The normalized spacial score (nSPS) is 12.2. The lowest BCUT2D eigenvalue weighted by Crippen LogP contribution is -2.11. The van der Waals surface area contributed by atoms with E-state index in [4.69, 9.17) is 4.98 Å². The van der Waals surface area contributed by atoms with Gasteiger partial charge in [0.05, 0.1) is 5.69 Å². The van der Waals surface area contributed by atoms with Gasteiger partial charge in [0.1, 0.15) is 0 Å². The van der Waals surface area contributed by atoms with Crippen LogP contribution in [0.25, 0.3) is 44.3 Å². The second-order valence-electron chi connectivity index (χ2n) is 11.7. The maximum atomic E-state index is 4.69. The third-order valence-corrected chi connectivity index (χ3v) is 6.95. The fourth-order valence-electron chi connectivity index (χ4n) is 4.75. The molecular formula is C34H34N2. The number of hydrogen-bond acceptors (Lipinski definition) is 2. The Kier molecular flexibility index (Phi) is 6.00. The van der Waals surface area contributed by atoms with Gasteiger partial charge < -0.3 is 0 Å². The van der Waals surface area contributed by atoms with Gasteiger partial charge in [0.15, 0.2) is 0 Å². The molecule has 0 spiro atoms. The number of hydrogen-bond donors (Lipinski definition) is 0. The van der Waals surface area contributed by atoms with Gasteiger partial charge in [-0.15, -0.1) is 0 Å². The molecule has 2 heteroatoms. The van der Waals surface area contributed by atoms with E-state index in [-0.39, 0.29) is 10.8 Å². The second kappa shape index (κ2) is 9.02. The lowest BCUT2D eigenvalue weighted by atomic mass is 9.84. The summed E-state index contributed by atoms with van der Waals surface area (Å²) in [5.41, 5.74) is 9.76. The van der Waals surface area contributed by atoms with Crippen molar-refractivity contribution in [3.05, 3.63) is 109 Å². The average Bonchev–Trinajstić information content (AvgIpc) is 2.87. The third-order valence-electron chi connectivity index (χ3n) is 6.95. The molecule has 0 bridgehead atoms. The van der Waals surface area contributed by atoms with Crippen molar-refractivity contribution in [3.8, 4) is 33.5 Å². The van der Waals surface area contributed by atoms with Crippen LogP contribution in [-0.4, -0.2) is 9.97 Å². The molecule has 0 atom stereocenters. The minimum Gasteiger partial charge on any atom is -0.264 e. The zero-order chi connectivity index (χ0) is 25.5. The first kappa shape index (κ1) is 23.9. The maximum absolute atomic E-state index is 4.69. The van der Waals surface area contributed by atoms with Crippen molar-refractivity contribution in [2.45, 2.75) is 52.4 Å². The van der Waals surface area contributed by atoms with Crippen LogP contribution >= 0.6 is 0 Å². The molecule has 2 nitrogen and oxygen atoms in total. The van der Waals surface area contributed by atoms with Crippen LogP contribution in [-0.2, 0) is 10.8 Å². The topological polar surface area (TPSA) is 25.8 Å². The molecule has 0 aliphatic carbocycles. The molecule has 0 radical (unpaired) electrons. The van der Waals surface area contributed by atoms with Crippen molar-refractivity contribution in [1.29, 1.82) is 0 Å². The number of rotatable bonds is 3. The van der Waals surface area contributed by atoms with Crippen LogP contribution in [0, 0.1) is 0 Å². The van der Waals surface area contributed by atoms with E-state index >= 15 is 0 Å². The molecule has 0 saturated carbocycles. The maximum Gasteiger partial charge on any atom is 0.0705 e. The summed E-state index contributed by atoms with van der Waals surface area (Å²) in [6, 6.07) is 28.6. The molecule has 0 fully saturated rings. The van der Waals surface area contributed by atoms with Crippen LogP contribution < -0.4 is 0 Å². The Morgan fingerprint density at radius 1 is 0.528 bits per heavy atom. The summed E-state index contributed by atoms with van der Waals surface area (Å²) >= 11 is 0. The van der Waals surface area contributed by atoms with Gasteiger partial charge in [0.2, 0.25) is 0 Å². The van der Waals surface area contributed by atoms with Crippen molar-refractivity contribution >= 4 is 10.8 Å². The molecular weight excluding hydrogens is 436 g/mol. The van der Waals surface area contributed by atoms with Gasteiger partial charge >= 0.3 is 0 Å². The predicted octanol–water partition coefficient (Wildman–Crippen LogP) is 9.23. The average molecular weight is 471 g/mol. The molecule has 0 aliphatic heterocycles. The van der Waals surface area contributed by atoms with Crippen LogP contribution in [0.15, 0.2) is 97.5 Å². The van der Waals surface area contributed by atoms with Crippen LogP contribution in [0.3, 0.4) is 0 Å². The minimum atomic E-state index is 0.0820. The predicted molar refractivity (Wildman–Crippen MR) is 153 cm³/mol. The van der Waals surface area contributed by atoms with Crippen LogP contribution in [0.4, 0.5) is 0 Å². The van der Waals surface area contributed by atoms with Crippen LogP contribution in [0.1, 0.15) is 52.7 Å². The molecule has 5 rings (SSSR count). The second-order valence-corrected chi connectivity index (χ2v) is 11.7. The van der Waals surface area contributed by atoms with E-state index in [1.165, 1.54) is 44.2 Å². The third kappa shape index (κ3) is 4.68. The Morgan fingerprint density at radius 3 is 1.86 bits per heavy atom. The first-order chi connectivity index (χ1) is 17.1. The zero-order valence-electron chi connectivity index (χ0n) is 22.1. The van der Waals surface area contributed by atoms with E-state index in [2.05, 4.69) is 125 Å². The number of fused-ring (bicyclic) bond motifs is 1. The first-order valence-electron chi connectivity index (χ1n) is 12.7. The van der Waals surface area contributed by atoms with Gasteiger partial charge in [-0.25, -0.2) is 0 Å². The Bertz CT molecular complexity index is 1550. The number of pyridine rings is 2. The summed E-state index contributed by atoms with van der Waals surface area (Å²) in [5.74, 6) is 0. The Hall–Kier alpha value is -3.78. The van der Waals surface area contributed by atoms with Crippen molar-refractivity contribution in [2.75, 3.05) is 0 Å². The Labute approximate surface area is 215 Å². The Balaban J connectivity index is 1.62. The lowest BCUT2D eigenvalue weighted by molar-refractivity contribution is 0.589. The van der Waals surface area contributed by atoms with E-state index < -0.39 is 0 Å². The van der Waals surface area contributed by atoms with Crippen molar-refractivity contribution in [2.24, 2.45) is 0 Å². The van der Waals surface area contributed by atoms with Crippen LogP contribution in [0.2, 0.25) is 0 Å². The monoisotopic (exact) mass is 470 g/mol. The van der Waals surface area contributed by atoms with E-state index in [1.807, 2.05) is 18.6 Å². The van der Waals surface area contributed by atoms with E-state index in [1.54, 1.807) is 0 Å². The smallest absolute Gasteiger partial charge is 0.0705 e. The minimum absolute atomic E-state index is 0.0820. The summed E-state index contributed by atoms with van der Waals surface area (Å²) in [6.45, 7) is 13.5. The molecule has 0 amide bonds. The lowest BCUT2D eigenvalue weighted by Gasteiger charge is -2.20. The quantitative estimate of drug-likeness (QED) is 0.263. The van der Waals surface area contributed by atoms with Gasteiger partial charge in [-0.1, -0.05) is 96.1 Å². The number of nitrogens with zero attached hydrogens (tertiary/aromatic N) is 2. The molecule has 5 aromatic rings. The van der Waals surface area contributed by atoms with Gasteiger partial charge in [0, 0.05) is 29.5 Å². The van der Waals surface area contributed by atoms with E-state index in [0.717, 1.165) is 11.3 Å². The summed E-state index contributed by atoms with van der Waals surface area (Å²) in [5, 5.41) is 2.37. The highest BCUT2D eigenvalue weighted by molar-refractivity contribution is 6.04. The highest BCUT2D eigenvalue weighted by atomic mass is 14.7. The fraction of sp³-hybridized carbons (Fsp3) is 0.235. The summed E-state index contributed by atoms with van der Waals surface area (Å²) in [4.78, 5) is 9.18. The SMILES string of the molecule is CC(C)(C)c1cccc(-c2ccc(-c3cccc(-c4cc(C(C)(C)C)ccn4)c3)c3ccncc23)c1. The van der Waals surface area contributed by atoms with Crippen LogP contribution in [0.5, 0.6) is 0 Å². The van der Waals surface area contributed by atoms with Crippen molar-refractivity contribution in [1.82, 2.24) is 9.97 Å². The molecule has 3 aromatic carbocycles. The molecule has 36 heavy (non-hydrogen) atoms. The largest absolute Gasteiger partial charge is 0.264 e. The molecule has 0 unspecified atom stereocenters. The molecule has 2 heterocycles. The van der Waals surface area contributed by atoms with Crippen molar-refractivity contribution in [3.63, 3.8) is 0 Å². The number of benzene rings is 3. The summed E-state index contributed by atoms with van der Waals surface area (Å²) in [7, 11) is 0. The highest BCUT2D eigenvalue weighted by Gasteiger charge is 2.17. The van der Waals surface area contributed by atoms with Gasteiger partial charge in [0.25, 0.3) is 0 Å². The summed E-state index contributed by atoms with van der Waals surface area (Å²) in [6.07, 6.45) is 5.81. The first-order valence-corrected chi connectivity index (χ1v) is 12.7. The Morgan fingerprint density at radius 2 is 1.14 bits per heavy atom. The molecule has 180 valence electrons. The number of aromatic nitrogens is 2. The van der Waals surface area contributed by atoms with Gasteiger partial charge in [-0.2, -0.15) is 0 Å². The van der Waals surface area contributed by atoms with Gasteiger partial charge in [-0.3, -0.25) is 9.97 Å². The zero-order valence-corrected chi connectivity index (χ0v) is 22.1. The molecule has 0 aliphatic rings. The molecule has 0 saturated heterocycles.